The van der Waals surface area contributed by atoms with E-state index in [1.807, 2.05) is 55.5 Å². The summed E-state index contributed by atoms with van der Waals surface area (Å²) in [5.74, 6) is -0.919. The summed E-state index contributed by atoms with van der Waals surface area (Å²) in [6.07, 6.45) is 0. The van der Waals surface area contributed by atoms with Crippen molar-refractivity contribution in [3.8, 4) is 5.69 Å². The molecule has 0 aliphatic carbocycles. The van der Waals surface area contributed by atoms with Crippen molar-refractivity contribution in [3.05, 3.63) is 65.9 Å². The molecule has 3 heteroatoms. The van der Waals surface area contributed by atoms with Gasteiger partial charge in [-0.05, 0) is 36.8 Å². The highest BCUT2D eigenvalue weighted by atomic mass is 16.4. The van der Waals surface area contributed by atoms with Gasteiger partial charge in [-0.25, -0.2) is 4.79 Å². The monoisotopic (exact) mass is 251 g/mol. The summed E-state index contributed by atoms with van der Waals surface area (Å²) in [7, 11) is 0. The first-order valence-electron chi connectivity index (χ1n) is 6.07. The van der Waals surface area contributed by atoms with Crippen molar-refractivity contribution in [2.24, 2.45) is 0 Å². The van der Waals surface area contributed by atoms with Crippen LogP contribution in [0, 0.1) is 6.92 Å². The third kappa shape index (κ3) is 1.89. The van der Waals surface area contributed by atoms with Crippen LogP contribution in [0.15, 0.2) is 54.6 Å². The molecule has 1 heterocycles. The topological polar surface area (TPSA) is 42.2 Å². The number of aromatic carboxylic acids is 1. The van der Waals surface area contributed by atoms with Gasteiger partial charge in [0, 0.05) is 11.1 Å². The zero-order chi connectivity index (χ0) is 13.4. The number of hydrogen-bond donors (Lipinski definition) is 1. The van der Waals surface area contributed by atoms with Gasteiger partial charge in [0.2, 0.25) is 0 Å². The molecule has 19 heavy (non-hydrogen) atoms. The standard InChI is InChI=1S/C16H13NO2/c1-11-5-4-7-13(9-11)17-14-8-3-2-6-12(14)10-15(17)16(18)19/h2-10H,1H3,(H,18,19). The molecule has 0 saturated carbocycles. The van der Waals surface area contributed by atoms with Crippen LogP contribution < -0.4 is 0 Å². The number of benzene rings is 2. The Morgan fingerprint density at radius 2 is 1.84 bits per heavy atom. The quantitative estimate of drug-likeness (QED) is 0.755. The van der Waals surface area contributed by atoms with Gasteiger partial charge in [-0.2, -0.15) is 0 Å². The van der Waals surface area contributed by atoms with E-state index < -0.39 is 5.97 Å². The van der Waals surface area contributed by atoms with Crippen molar-refractivity contribution in [3.63, 3.8) is 0 Å². The Bertz CT molecular complexity index is 771. The van der Waals surface area contributed by atoms with E-state index in [1.165, 1.54) is 0 Å². The van der Waals surface area contributed by atoms with Gasteiger partial charge >= 0.3 is 5.97 Å². The van der Waals surface area contributed by atoms with Gasteiger partial charge in [0.1, 0.15) is 5.69 Å². The predicted molar refractivity (Wildman–Crippen MR) is 75.0 cm³/mol. The Morgan fingerprint density at radius 1 is 1.05 bits per heavy atom. The van der Waals surface area contributed by atoms with E-state index in [4.69, 9.17) is 0 Å². The molecule has 3 nitrogen and oxygen atoms in total. The fourth-order valence-corrected chi connectivity index (χ4v) is 2.36. The molecular weight excluding hydrogens is 238 g/mol. The van der Waals surface area contributed by atoms with Crippen LogP contribution in [0.2, 0.25) is 0 Å². The van der Waals surface area contributed by atoms with Crippen LogP contribution in [0.25, 0.3) is 16.6 Å². The SMILES string of the molecule is Cc1cccc(-n2c(C(=O)O)cc3ccccc32)c1. The van der Waals surface area contributed by atoms with Crippen LogP contribution >= 0.6 is 0 Å². The number of para-hydroxylation sites is 1. The average Bonchev–Trinajstić information content (AvgIpc) is 2.78. The van der Waals surface area contributed by atoms with Crippen molar-refractivity contribution in [1.82, 2.24) is 4.57 Å². The van der Waals surface area contributed by atoms with Crippen LogP contribution in [-0.4, -0.2) is 15.6 Å². The predicted octanol–water partition coefficient (Wildman–Crippen LogP) is 3.64. The summed E-state index contributed by atoms with van der Waals surface area (Å²) in [6.45, 7) is 2.00. The molecule has 0 amide bonds. The Labute approximate surface area is 110 Å². The number of rotatable bonds is 2. The first-order valence-corrected chi connectivity index (χ1v) is 6.07. The molecule has 0 radical (unpaired) electrons. The van der Waals surface area contributed by atoms with Gasteiger partial charge in [0.25, 0.3) is 0 Å². The van der Waals surface area contributed by atoms with Gasteiger partial charge < -0.3 is 9.67 Å². The third-order valence-electron chi connectivity index (χ3n) is 3.19. The minimum Gasteiger partial charge on any atom is -0.477 e. The molecule has 1 N–H and O–H groups in total. The van der Waals surface area contributed by atoms with Gasteiger partial charge in [-0.1, -0.05) is 30.3 Å². The molecule has 0 aliphatic rings. The molecule has 0 saturated heterocycles. The number of aryl methyl sites for hydroxylation is 1. The van der Waals surface area contributed by atoms with Crippen LogP contribution in [0.5, 0.6) is 0 Å². The van der Waals surface area contributed by atoms with E-state index in [0.29, 0.717) is 0 Å². The maximum absolute atomic E-state index is 11.4. The second-order valence-corrected chi connectivity index (χ2v) is 4.57. The summed E-state index contributed by atoms with van der Waals surface area (Å²) in [5.41, 5.74) is 3.17. The van der Waals surface area contributed by atoms with Crippen molar-refractivity contribution in [1.29, 1.82) is 0 Å². The Hall–Kier alpha value is -2.55. The largest absolute Gasteiger partial charge is 0.477 e. The second-order valence-electron chi connectivity index (χ2n) is 4.57. The second kappa shape index (κ2) is 4.28. The molecule has 0 spiro atoms. The number of aromatic nitrogens is 1. The summed E-state index contributed by atoms with van der Waals surface area (Å²) < 4.78 is 1.78. The Morgan fingerprint density at radius 3 is 2.58 bits per heavy atom. The molecule has 1 aromatic heterocycles. The number of carbonyl (C=O) groups is 1. The first-order chi connectivity index (χ1) is 9.16. The first kappa shape index (κ1) is 11.5. The van der Waals surface area contributed by atoms with E-state index in [1.54, 1.807) is 10.6 Å². The van der Waals surface area contributed by atoms with Crippen molar-refractivity contribution >= 4 is 16.9 Å². The molecule has 3 rings (SSSR count). The molecule has 0 bridgehead atoms. The molecule has 94 valence electrons. The molecule has 3 aromatic rings. The van der Waals surface area contributed by atoms with Crippen molar-refractivity contribution in [2.75, 3.05) is 0 Å². The lowest BCUT2D eigenvalue weighted by Gasteiger charge is -2.09. The number of hydrogen-bond acceptors (Lipinski definition) is 1. The Kier molecular flexibility index (Phi) is 2.60. The fourth-order valence-electron chi connectivity index (χ4n) is 2.36. The van der Waals surface area contributed by atoms with E-state index in [-0.39, 0.29) is 5.69 Å². The summed E-state index contributed by atoms with van der Waals surface area (Å²) in [6, 6.07) is 17.2. The van der Waals surface area contributed by atoms with E-state index in [2.05, 4.69) is 0 Å². The number of fused-ring (bicyclic) bond motifs is 1. The van der Waals surface area contributed by atoms with Crippen LogP contribution in [-0.2, 0) is 0 Å². The van der Waals surface area contributed by atoms with E-state index in [9.17, 15) is 9.90 Å². The van der Waals surface area contributed by atoms with Crippen LogP contribution in [0.4, 0.5) is 0 Å². The van der Waals surface area contributed by atoms with Gasteiger partial charge in [0.15, 0.2) is 0 Å². The van der Waals surface area contributed by atoms with Crippen molar-refractivity contribution in [2.45, 2.75) is 6.92 Å². The van der Waals surface area contributed by atoms with E-state index >= 15 is 0 Å². The third-order valence-corrected chi connectivity index (χ3v) is 3.19. The minimum atomic E-state index is -0.919. The molecule has 2 aromatic carbocycles. The van der Waals surface area contributed by atoms with Gasteiger partial charge in [-0.3, -0.25) is 0 Å². The number of carboxylic acid groups (broad SMARTS) is 1. The normalized spacial score (nSPS) is 10.8. The Balaban J connectivity index is 2.38. The summed E-state index contributed by atoms with van der Waals surface area (Å²) >= 11 is 0. The zero-order valence-electron chi connectivity index (χ0n) is 10.5. The summed E-state index contributed by atoms with van der Waals surface area (Å²) in [5, 5.41) is 10.3. The minimum absolute atomic E-state index is 0.284. The highest BCUT2D eigenvalue weighted by Gasteiger charge is 2.15. The molecule has 0 atom stereocenters. The summed E-state index contributed by atoms with van der Waals surface area (Å²) in [4.78, 5) is 11.4. The number of carboxylic acids is 1. The lowest BCUT2D eigenvalue weighted by Crippen LogP contribution is -2.06. The highest BCUT2D eigenvalue weighted by Crippen LogP contribution is 2.24. The van der Waals surface area contributed by atoms with Crippen LogP contribution in [0.3, 0.4) is 0 Å². The van der Waals surface area contributed by atoms with Crippen molar-refractivity contribution < 1.29 is 9.90 Å². The number of nitrogens with zero attached hydrogens (tertiary/aromatic N) is 1. The average molecular weight is 251 g/mol. The van der Waals surface area contributed by atoms with Crippen LogP contribution in [0.1, 0.15) is 16.1 Å². The molecule has 0 fully saturated rings. The lowest BCUT2D eigenvalue weighted by atomic mass is 10.2. The maximum Gasteiger partial charge on any atom is 0.352 e. The van der Waals surface area contributed by atoms with E-state index in [0.717, 1.165) is 22.2 Å². The maximum atomic E-state index is 11.4. The molecule has 0 aliphatic heterocycles. The molecular formula is C16H13NO2. The highest BCUT2D eigenvalue weighted by molar-refractivity contribution is 5.96. The lowest BCUT2D eigenvalue weighted by molar-refractivity contribution is 0.0688. The van der Waals surface area contributed by atoms with Gasteiger partial charge in [0.05, 0.1) is 5.52 Å². The van der Waals surface area contributed by atoms with Gasteiger partial charge in [-0.15, -0.1) is 0 Å². The fraction of sp³-hybridized carbons (Fsp3) is 0.0625. The zero-order valence-corrected chi connectivity index (χ0v) is 10.5. The smallest absolute Gasteiger partial charge is 0.352 e. The molecule has 0 unspecified atom stereocenters.